The summed E-state index contributed by atoms with van der Waals surface area (Å²) in [5, 5.41) is 38.8. The van der Waals surface area contributed by atoms with Gasteiger partial charge in [-0.25, -0.2) is 0 Å². The minimum Gasteiger partial charge on any atom is -0.372 e. The Morgan fingerprint density at radius 3 is 1.45 bits per heavy atom. The monoisotopic (exact) mass is 292 g/mol. The van der Waals surface area contributed by atoms with Crippen LogP contribution in [0.15, 0.2) is 0 Å². The number of nitrogens with zero attached hydrogens (tertiary/aromatic N) is 4. The van der Waals surface area contributed by atoms with Crippen molar-refractivity contribution in [1.29, 1.82) is 21.0 Å². The highest BCUT2D eigenvalue weighted by Gasteiger charge is 2.93. The second kappa shape index (κ2) is 3.46. The molecule has 5 aliphatic carbocycles. The van der Waals surface area contributed by atoms with E-state index in [9.17, 15) is 21.0 Å². The molecule has 0 aromatic heterocycles. The molecule has 22 heavy (non-hydrogen) atoms. The van der Waals surface area contributed by atoms with E-state index in [1.54, 1.807) is 0 Å². The van der Waals surface area contributed by atoms with E-state index in [-0.39, 0.29) is 41.3 Å². The van der Waals surface area contributed by atoms with Gasteiger partial charge in [0.2, 0.25) is 0 Å². The molecule has 0 saturated heterocycles. The summed E-state index contributed by atoms with van der Waals surface area (Å²) in [6, 6.07) is 8.35. The van der Waals surface area contributed by atoms with Crippen molar-refractivity contribution in [2.45, 2.75) is 32.5 Å². The van der Waals surface area contributed by atoms with Gasteiger partial charge in [0.05, 0.1) is 36.0 Å². The van der Waals surface area contributed by atoms with Gasteiger partial charge in [-0.1, -0.05) is 0 Å². The maximum Gasteiger partial charge on any atom is 0.179 e. The van der Waals surface area contributed by atoms with Crippen LogP contribution in [-0.2, 0) is 4.74 Å². The molecule has 6 bridgehead atoms. The molecular weight excluding hydrogens is 276 g/mol. The molecule has 0 aromatic rings. The summed E-state index contributed by atoms with van der Waals surface area (Å²) in [7, 11) is 0. The molecule has 0 heterocycles. The highest BCUT2D eigenvalue weighted by atomic mass is 16.5. The highest BCUT2D eigenvalue weighted by Crippen LogP contribution is 2.89. The van der Waals surface area contributed by atoms with E-state index < -0.39 is 10.8 Å². The molecule has 5 atom stereocenters. The molecule has 0 aromatic carbocycles. The molecule has 5 saturated carbocycles. The molecule has 110 valence electrons. The zero-order valence-corrected chi connectivity index (χ0v) is 12.7. The minimum atomic E-state index is -1.50. The average molecular weight is 292 g/mol. The first-order valence-corrected chi connectivity index (χ1v) is 7.66. The predicted octanol–water partition coefficient (Wildman–Crippen LogP) is 1.99. The number of rotatable bonds is 1. The average Bonchev–Trinajstić information content (AvgIpc) is 2.72. The molecule has 5 rings (SSSR count). The van der Waals surface area contributed by atoms with E-state index in [4.69, 9.17) is 4.74 Å². The third-order valence-electron chi connectivity index (χ3n) is 6.43. The lowest BCUT2D eigenvalue weighted by atomic mass is 9.58. The number of nitriles is 4. The highest BCUT2D eigenvalue weighted by molar-refractivity contribution is 5.51. The fourth-order valence-corrected chi connectivity index (χ4v) is 6.13. The van der Waals surface area contributed by atoms with Gasteiger partial charge in [0.1, 0.15) is 0 Å². The fraction of sp³-hybridized carbons (Fsp3) is 0.765. The standard InChI is InChI=1S/C17H16N4O/c1-15(2,3)22-14-10-8-9(10)13-11(14)12(8)16(4-18,5-19)17(13,6-20)7-21/h8-14H,1-3H3/t8-,9-,10?,11?,12+,13+,14+/m0/s1. The van der Waals surface area contributed by atoms with Crippen LogP contribution in [0.4, 0.5) is 0 Å². The Morgan fingerprint density at radius 1 is 0.727 bits per heavy atom. The Labute approximate surface area is 129 Å². The van der Waals surface area contributed by atoms with Crippen LogP contribution in [0, 0.1) is 91.7 Å². The third-order valence-corrected chi connectivity index (χ3v) is 6.43. The van der Waals surface area contributed by atoms with E-state index in [0.29, 0.717) is 5.92 Å². The van der Waals surface area contributed by atoms with Crippen molar-refractivity contribution in [1.82, 2.24) is 0 Å². The SMILES string of the molecule is CC(C)(C)O[C@@H]1C2[C@@H]3[C@@H]2[C@@H]2C1[C@@H]3C(C#N)(C#N)C2(C#N)C#N. The molecule has 5 heteroatoms. The van der Waals surface area contributed by atoms with Crippen molar-refractivity contribution >= 4 is 0 Å². The molecule has 0 N–H and O–H groups in total. The van der Waals surface area contributed by atoms with Gasteiger partial charge in [0.25, 0.3) is 0 Å². The minimum absolute atomic E-state index is 0.00201. The van der Waals surface area contributed by atoms with Gasteiger partial charge in [0.15, 0.2) is 10.8 Å². The van der Waals surface area contributed by atoms with E-state index in [2.05, 4.69) is 24.3 Å². The molecule has 0 amide bonds. The first-order chi connectivity index (χ1) is 10.3. The molecule has 0 radical (unpaired) electrons. The molecule has 0 spiro atoms. The largest absolute Gasteiger partial charge is 0.372 e. The summed E-state index contributed by atoms with van der Waals surface area (Å²) in [4.78, 5) is 0. The predicted molar refractivity (Wildman–Crippen MR) is 72.9 cm³/mol. The number of hydrogen-bond acceptors (Lipinski definition) is 5. The topological polar surface area (TPSA) is 104 Å². The van der Waals surface area contributed by atoms with E-state index >= 15 is 0 Å². The van der Waals surface area contributed by atoms with Crippen LogP contribution in [-0.4, -0.2) is 11.7 Å². The van der Waals surface area contributed by atoms with Crippen molar-refractivity contribution in [3.63, 3.8) is 0 Å². The van der Waals surface area contributed by atoms with Crippen LogP contribution >= 0.6 is 0 Å². The molecule has 5 aliphatic rings. The van der Waals surface area contributed by atoms with Gasteiger partial charge in [-0.15, -0.1) is 0 Å². The Kier molecular flexibility index (Phi) is 2.13. The van der Waals surface area contributed by atoms with Crippen LogP contribution in [0.2, 0.25) is 0 Å². The summed E-state index contributed by atoms with van der Waals surface area (Å²) in [5.74, 6) is 0.526. The Balaban J connectivity index is 1.85. The summed E-state index contributed by atoms with van der Waals surface area (Å²) < 4.78 is 6.21. The maximum absolute atomic E-state index is 9.71. The smallest absolute Gasteiger partial charge is 0.179 e. The van der Waals surface area contributed by atoms with E-state index in [0.717, 1.165) is 0 Å². The summed E-state index contributed by atoms with van der Waals surface area (Å²) >= 11 is 0. The Bertz CT molecular complexity index is 657. The normalized spacial score (nSPS) is 47.1. The Morgan fingerprint density at radius 2 is 1.14 bits per heavy atom. The van der Waals surface area contributed by atoms with Gasteiger partial charge in [-0.2, -0.15) is 21.0 Å². The Hall–Kier alpha value is -2.08. The van der Waals surface area contributed by atoms with Gasteiger partial charge in [-0.3, -0.25) is 0 Å². The van der Waals surface area contributed by atoms with Crippen molar-refractivity contribution in [2.75, 3.05) is 0 Å². The van der Waals surface area contributed by atoms with Crippen molar-refractivity contribution in [3.8, 4) is 24.3 Å². The lowest BCUT2D eigenvalue weighted by Crippen LogP contribution is -2.44. The van der Waals surface area contributed by atoms with Gasteiger partial charge < -0.3 is 4.74 Å². The quantitative estimate of drug-likeness (QED) is 0.735. The molecule has 5 nitrogen and oxygen atoms in total. The van der Waals surface area contributed by atoms with Crippen molar-refractivity contribution in [2.24, 2.45) is 46.3 Å². The van der Waals surface area contributed by atoms with Crippen LogP contribution < -0.4 is 0 Å². The maximum atomic E-state index is 9.71. The van der Waals surface area contributed by atoms with Crippen molar-refractivity contribution in [3.05, 3.63) is 0 Å². The lowest BCUT2D eigenvalue weighted by molar-refractivity contribution is -0.0811. The summed E-state index contributed by atoms with van der Waals surface area (Å²) in [5.41, 5.74) is -3.31. The zero-order valence-electron chi connectivity index (χ0n) is 12.7. The van der Waals surface area contributed by atoms with Gasteiger partial charge in [-0.05, 0) is 44.4 Å². The van der Waals surface area contributed by atoms with Crippen LogP contribution in [0.25, 0.3) is 0 Å². The molecule has 0 unspecified atom stereocenters. The second-order valence-electron chi connectivity index (χ2n) is 8.12. The number of ether oxygens (including phenoxy) is 1. The fourth-order valence-electron chi connectivity index (χ4n) is 6.13. The molecule has 5 fully saturated rings. The van der Waals surface area contributed by atoms with E-state index in [1.807, 2.05) is 20.8 Å². The van der Waals surface area contributed by atoms with Crippen molar-refractivity contribution < 1.29 is 4.74 Å². The first-order valence-electron chi connectivity index (χ1n) is 7.66. The van der Waals surface area contributed by atoms with Crippen LogP contribution in [0.3, 0.4) is 0 Å². The molecular formula is C17H16N4O. The molecule has 0 aliphatic heterocycles. The van der Waals surface area contributed by atoms with Gasteiger partial charge in [0, 0.05) is 11.8 Å². The number of hydrogen-bond donors (Lipinski definition) is 0. The van der Waals surface area contributed by atoms with Crippen LogP contribution in [0.1, 0.15) is 20.8 Å². The van der Waals surface area contributed by atoms with Crippen LogP contribution in [0.5, 0.6) is 0 Å². The third kappa shape index (κ3) is 1.05. The lowest BCUT2D eigenvalue weighted by Gasteiger charge is -2.34. The van der Waals surface area contributed by atoms with E-state index in [1.165, 1.54) is 0 Å². The van der Waals surface area contributed by atoms with Gasteiger partial charge >= 0.3 is 0 Å². The first kappa shape index (κ1) is 13.6. The second-order valence-corrected chi connectivity index (χ2v) is 8.12. The zero-order chi connectivity index (χ0) is 16.1. The summed E-state index contributed by atoms with van der Waals surface area (Å²) in [6.07, 6.45) is -0.0188. The summed E-state index contributed by atoms with van der Waals surface area (Å²) in [6.45, 7) is 5.98.